The van der Waals surface area contributed by atoms with Crippen LogP contribution in [0.4, 0.5) is 0 Å². The van der Waals surface area contributed by atoms with Crippen LogP contribution in [0.5, 0.6) is 0 Å². The van der Waals surface area contributed by atoms with Crippen LogP contribution < -0.4 is 0 Å². The van der Waals surface area contributed by atoms with Gasteiger partial charge in [-0.25, -0.2) is 4.79 Å². The van der Waals surface area contributed by atoms with Crippen molar-refractivity contribution in [2.75, 3.05) is 0 Å². The van der Waals surface area contributed by atoms with E-state index in [4.69, 9.17) is 5.26 Å². The molecule has 12 heavy (non-hydrogen) atoms. The number of carbonyl (C=O) groups is 1. The van der Waals surface area contributed by atoms with Gasteiger partial charge in [-0.15, -0.1) is 0 Å². The number of hydrogen-bond donors (Lipinski definition) is 1. The summed E-state index contributed by atoms with van der Waals surface area (Å²) in [5.74, 6) is -0.00728. The Balaban J connectivity index is 3.94. The molecule has 0 atom stereocenters. The first kappa shape index (κ1) is 11.4. The first-order valence-corrected chi connectivity index (χ1v) is 4.21. The maximum atomic E-state index is 10.7. The van der Waals surface area contributed by atoms with Gasteiger partial charge in [0.25, 0.3) is 0 Å². The predicted molar refractivity (Wildman–Crippen MR) is 46.6 cm³/mol. The second-order valence-electron chi connectivity index (χ2n) is 4.40. The highest BCUT2D eigenvalue weighted by molar-refractivity contribution is 5.69. The molecule has 0 amide bonds. The summed E-state index contributed by atoms with van der Waals surface area (Å²) in [5.41, 5.74) is -0.0893. The lowest BCUT2D eigenvalue weighted by atomic mass is 9.81. The molecule has 0 fully saturated rings. The lowest BCUT2D eigenvalue weighted by Crippen LogP contribution is -2.20. The van der Waals surface area contributed by atoms with Gasteiger partial charge in [-0.1, -0.05) is 27.7 Å². The van der Waals surface area contributed by atoms with Crippen molar-refractivity contribution in [1.82, 2.24) is 0 Å². The van der Waals surface area contributed by atoms with E-state index >= 15 is 0 Å². The molecule has 0 aliphatic rings. The lowest BCUT2D eigenvalue weighted by Gasteiger charge is -2.24. The maximum absolute atomic E-state index is 10.7. The summed E-state index contributed by atoms with van der Waals surface area (Å²) in [4.78, 5) is 14.4. The molecular weight excluding hydrogens is 156 g/mol. The van der Waals surface area contributed by atoms with E-state index in [2.05, 4.69) is 18.7 Å². The quantitative estimate of drug-likeness (QED) is 0.526. The first-order chi connectivity index (χ1) is 5.37. The highest BCUT2D eigenvalue weighted by Gasteiger charge is 2.24. The second kappa shape index (κ2) is 4.45. The topological polar surface area (TPSA) is 46.5 Å². The fourth-order valence-electron chi connectivity index (χ4n) is 1.60. The van der Waals surface area contributed by atoms with E-state index in [0.717, 1.165) is 6.42 Å². The summed E-state index contributed by atoms with van der Waals surface area (Å²) in [6.07, 6.45) is 1.21. The maximum Gasteiger partial charge on any atom is 0.342 e. The van der Waals surface area contributed by atoms with Crippen LogP contribution in [0.15, 0.2) is 0 Å². The van der Waals surface area contributed by atoms with Gasteiger partial charge in [-0.3, -0.25) is 0 Å². The minimum atomic E-state index is -0.555. The smallest absolute Gasteiger partial charge is 0.301 e. The van der Waals surface area contributed by atoms with Crippen molar-refractivity contribution >= 4 is 5.97 Å². The summed E-state index contributed by atoms with van der Waals surface area (Å²) in [7, 11) is 0. The van der Waals surface area contributed by atoms with E-state index < -0.39 is 5.97 Å². The van der Waals surface area contributed by atoms with Gasteiger partial charge in [0.05, 0.1) is 6.42 Å². The Morgan fingerprint density at radius 1 is 1.50 bits per heavy atom. The minimum absolute atomic E-state index is 0.0893. The molecule has 0 unspecified atom stereocenters. The Morgan fingerprint density at radius 3 is 2.33 bits per heavy atom. The highest BCUT2D eigenvalue weighted by atomic mass is 17.1. The molecule has 0 bridgehead atoms. The average Bonchev–Trinajstić information content (AvgIpc) is 1.83. The number of hydrogen-bond acceptors (Lipinski definition) is 3. The third-order valence-corrected chi connectivity index (χ3v) is 1.69. The summed E-state index contributed by atoms with van der Waals surface area (Å²) in [5, 5.41) is 8.08. The van der Waals surface area contributed by atoms with Crippen molar-refractivity contribution in [3.05, 3.63) is 0 Å². The lowest BCUT2D eigenvalue weighted by molar-refractivity contribution is -0.236. The molecule has 0 spiro atoms. The largest absolute Gasteiger partial charge is 0.342 e. The summed E-state index contributed by atoms with van der Waals surface area (Å²) in [6, 6.07) is 0. The van der Waals surface area contributed by atoms with E-state index in [1.807, 2.05) is 13.8 Å². The van der Waals surface area contributed by atoms with E-state index in [-0.39, 0.29) is 11.8 Å². The van der Waals surface area contributed by atoms with Crippen molar-refractivity contribution in [2.24, 2.45) is 11.3 Å². The fraction of sp³-hybridized carbons (Fsp3) is 0.889. The third kappa shape index (κ3) is 5.13. The van der Waals surface area contributed by atoms with Gasteiger partial charge in [0.15, 0.2) is 0 Å². The molecule has 0 aromatic heterocycles. The van der Waals surface area contributed by atoms with Gasteiger partial charge in [0.2, 0.25) is 0 Å². The summed E-state index contributed by atoms with van der Waals surface area (Å²) < 4.78 is 0. The van der Waals surface area contributed by atoms with E-state index in [9.17, 15) is 4.79 Å². The van der Waals surface area contributed by atoms with Crippen LogP contribution in [0.1, 0.15) is 40.5 Å². The summed E-state index contributed by atoms with van der Waals surface area (Å²) in [6.45, 7) is 8.19. The molecule has 0 aliphatic heterocycles. The zero-order valence-corrected chi connectivity index (χ0v) is 8.26. The monoisotopic (exact) mass is 174 g/mol. The molecule has 0 saturated heterocycles. The molecule has 0 radical (unpaired) electrons. The van der Waals surface area contributed by atoms with E-state index in [0.29, 0.717) is 5.92 Å². The Morgan fingerprint density at radius 2 is 2.00 bits per heavy atom. The zero-order valence-electron chi connectivity index (χ0n) is 8.26. The average molecular weight is 174 g/mol. The van der Waals surface area contributed by atoms with Crippen LogP contribution in [0.25, 0.3) is 0 Å². The standard InChI is InChI=1S/C9H18O3/c1-7(2)5-9(3,4)6-8(10)12-11/h7,11H,5-6H2,1-4H3. The third-order valence-electron chi connectivity index (χ3n) is 1.69. The number of rotatable bonds is 4. The Hall–Kier alpha value is -0.570. The Kier molecular flexibility index (Phi) is 4.24. The molecule has 0 rings (SSSR count). The molecule has 1 N–H and O–H groups in total. The van der Waals surface area contributed by atoms with Gasteiger partial charge >= 0.3 is 5.97 Å². The molecule has 0 aromatic carbocycles. The van der Waals surface area contributed by atoms with Gasteiger partial charge in [-0.05, 0) is 17.8 Å². The molecule has 3 nitrogen and oxygen atoms in total. The fourth-order valence-corrected chi connectivity index (χ4v) is 1.60. The molecule has 0 heterocycles. The molecule has 72 valence electrons. The van der Waals surface area contributed by atoms with Crippen molar-refractivity contribution in [2.45, 2.75) is 40.5 Å². The normalized spacial score (nSPS) is 11.8. The molecule has 0 aromatic rings. The first-order valence-electron chi connectivity index (χ1n) is 4.21. The van der Waals surface area contributed by atoms with Crippen LogP contribution in [0, 0.1) is 11.3 Å². The zero-order chi connectivity index (χ0) is 9.78. The van der Waals surface area contributed by atoms with E-state index in [1.165, 1.54) is 0 Å². The minimum Gasteiger partial charge on any atom is -0.301 e. The highest BCUT2D eigenvalue weighted by Crippen LogP contribution is 2.29. The Bertz CT molecular complexity index is 150. The molecular formula is C9H18O3. The van der Waals surface area contributed by atoms with Crippen molar-refractivity contribution in [3.63, 3.8) is 0 Å². The van der Waals surface area contributed by atoms with Crippen LogP contribution in [-0.2, 0) is 9.68 Å². The van der Waals surface area contributed by atoms with Gasteiger partial charge in [0, 0.05) is 0 Å². The van der Waals surface area contributed by atoms with Crippen LogP contribution in [0.2, 0.25) is 0 Å². The Labute approximate surface area is 73.7 Å². The molecule has 0 saturated carbocycles. The number of carbonyl (C=O) groups excluding carboxylic acids is 1. The van der Waals surface area contributed by atoms with Crippen LogP contribution >= 0.6 is 0 Å². The van der Waals surface area contributed by atoms with Gasteiger partial charge < -0.3 is 4.89 Å². The predicted octanol–water partition coefficient (Wildman–Crippen LogP) is 2.46. The van der Waals surface area contributed by atoms with Crippen molar-refractivity contribution in [3.8, 4) is 0 Å². The second-order valence-corrected chi connectivity index (χ2v) is 4.40. The van der Waals surface area contributed by atoms with Crippen LogP contribution in [0.3, 0.4) is 0 Å². The van der Waals surface area contributed by atoms with E-state index in [1.54, 1.807) is 0 Å². The van der Waals surface area contributed by atoms with Crippen LogP contribution in [-0.4, -0.2) is 11.2 Å². The molecule has 3 heteroatoms. The SMILES string of the molecule is CC(C)CC(C)(C)CC(=O)OO. The summed E-state index contributed by atoms with van der Waals surface area (Å²) >= 11 is 0. The molecule has 0 aliphatic carbocycles. The van der Waals surface area contributed by atoms with Crippen molar-refractivity contribution in [1.29, 1.82) is 0 Å². The van der Waals surface area contributed by atoms with Gasteiger partial charge in [-0.2, -0.15) is 5.26 Å². The van der Waals surface area contributed by atoms with Gasteiger partial charge in [0.1, 0.15) is 0 Å². The van der Waals surface area contributed by atoms with Crippen molar-refractivity contribution < 1.29 is 14.9 Å².